The fraction of sp³-hybridized carbons (Fsp3) is 0.444. The molecular weight excluding hydrogens is 188 g/mol. The fourth-order valence-electron chi connectivity index (χ4n) is 0.949. The molecule has 0 spiro atoms. The van der Waals surface area contributed by atoms with Gasteiger partial charge in [0.1, 0.15) is 5.76 Å². The molecule has 13 heavy (non-hydrogen) atoms. The smallest absolute Gasteiger partial charge is 0.211 e. The summed E-state index contributed by atoms with van der Waals surface area (Å²) < 4.78 is 5.35. The molecule has 1 rings (SSSR count). The summed E-state index contributed by atoms with van der Waals surface area (Å²) in [5.41, 5.74) is 1.49. The Bertz CT molecular complexity index is 283. The van der Waals surface area contributed by atoms with Crippen LogP contribution in [-0.2, 0) is 0 Å². The van der Waals surface area contributed by atoms with E-state index in [-0.39, 0.29) is 6.04 Å². The van der Waals surface area contributed by atoms with Crippen molar-refractivity contribution >= 4 is 11.6 Å². The van der Waals surface area contributed by atoms with Crippen LogP contribution in [-0.4, -0.2) is 11.5 Å². The molecule has 1 atom stereocenters. The normalized spacial score (nSPS) is 13.8. The number of nitrogens with one attached hydrogen (secondary N) is 1. The Labute approximate surface area is 82.8 Å². The molecule has 0 aliphatic rings. The molecule has 0 saturated carbocycles. The minimum atomic E-state index is 0.113. The average molecular weight is 201 g/mol. The molecule has 1 aromatic rings. The average Bonchev–Trinajstić information content (AvgIpc) is 2.52. The first-order valence-corrected chi connectivity index (χ1v) is 4.58. The molecule has 3 nitrogen and oxygen atoms in total. The topological polar surface area (TPSA) is 38.1 Å². The molecule has 1 N–H and O–H groups in total. The molecule has 0 aromatic carbocycles. The minimum absolute atomic E-state index is 0.113. The molecule has 0 aliphatic carbocycles. The van der Waals surface area contributed by atoms with Crippen LogP contribution < -0.4 is 5.32 Å². The van der Waals surface area contributed by atoms with Crippen molar-refractivity contribution in [3.8, 4) is 0 Å². The molecule has 0 saturated heterocycles. The van der Waals surface area contributed by atoms with Crippen LogP contribution in [0.1, 0.15) is 24.6 Å². The van der Waals surface area contributed by atoms with E-state index in [4.69, 9.17) is 16.0 Å². The molecule has 4 heteroatoms. The SMILES string of the molecule is Cc1cnc(C(C)NC/C=C/Cl)o1. The van der Waals surface area contributed by atoms with Crippen LogP contribution in [0, 0.1) is 6.92 Å². The van der Waals surface area contributed by atoms with Crippen LogP contribution in [0.4, 0.5) is 0 Å². The van der Waals surface area contributed by atoms with E-state index in [0.29, 0.717) is 12.4 Å². The van der Waals surface area contributed by atoms with E-state index in [1.807, 2.05) is 19.9 Å². The number of aromatic nitrogens is 1. The first-order chi connectivity index (χ1) is 6.24. The Morgan fingerprint density at radius 3 is 3.08 bits per heavy atom. The maximum atomic E-state index is 5.38. The van der Waals surface area contributed by atoms with Crippen molar-refractivity contribution in [2.75, 3.05) is 6.54 Å². The quantitative estimate of drug-likeness (QED) is 0.811. The van der Waals surface area contributed by atoms with Gasteiger partial charge in [-0.3, -0.25) is 0 Å². The molecular formula is C9H13ClN2O. The highest BCUT2D eigenvalue weighted by Gasteiger charge is 2.08. The van der Waals surface area contributed by atoms with Gasteiger partial charge in [0.05, 0.1) is 12.2 Å². The van der Waals surface area contributed by atoms with Crippen molar-refractivity contribution in [2.45, 2.75) is 19.9 Å². The van der Waals surface area contributed by atoms with Gasteiger partial charge >= 0.3 is 0 Å². The Morgan fingerprint density at radius 1 is 1.77 bits per heavy atom. The first kappa shape index (κ1) is 10.3. The van der Waals surface area contributed by atoms with Crippen LogP contribution in [0.2, 0.25) is 0 Å². The summed E-state index contributed by atoms with van der Waals surface area (Å²) >= 11 is 5.38. The van der Waals surface area contributed by atoms with E-state index >= 15 is 0 Å². The summed E-state index contributed by atoms with van der Waals surface area (Å²) in [6.45, 7) is 4.58. The summed E-state index contributed by atoms with van der Waals surface area (Å²) in [5.74, 6) is 1.54. The van der Waals surface area contributed by atoms with E-state index < -0.39 is 0 Å². The highest BCUT2D eigenvalue weighted by Crippen LogP contribution is 2.11. The van der Waals surface area contributed by atoms with Crippen LogP contribution in [0.3, 0.4) is 0 Å². The van der Waals surface area contributed by atoms with Crippen LogP contribution in [0.5, 0.6) is 0 Å². The third kappa shape index (κ3) is 3.20. The van der Waals surface area contributed by atoms with E-state index in [1.165, 1.54) is 5.54 Å². The predicted octanol–water partition coefficient (Wildman–Crippen LogP) is 2.39. The predicted molar refractivity (Wildman–Crippen MR) is 52.7 cm³/mol. The summed E-state index contributed by atoms with van der Waals surface area (Å²) in [6, 6.07) is 0.113. The Balaban J connectivity index is 2.43. The number of hydrogen-bond donors (Lipinski definition) is 1. The molecule has 0 amide bonds. The molecule has 1 heterocycles. The van der Waals surface area contributed by atoms with Gasteiger partial charge in [-0.25, -0.2) is 4.98 Å². The molecule has 0 aliphatic heterocycles. The van der Waals surface area contributed by atoms with Gasteiger partial charge in [-0.1, -0.05) is 17.7 Å². The number of aryl methyl sites for hydroxylation is 1. The number of halogens is 1. The third-order valence-corrected chi connectivity index (χ3v) is 1.82. The Kier molecular flexibility index (Phi) is 3.99. The van der Waals surface area contributed by atoms with E-state index in [0.717, 1.165) is 5.76 Å². The number of nitrogens with zero attached hydrogens (tertiary/aromatic N) is 1. The number of rotatable bonds is 4. The number of hydrogen-bond acceptors (Lipinski definition) is 3. The molecule has 0 radical (unpaired) electrons. The van der Waals surface area contributed by atoms with Gasteiger partial charge in [0.2, 0.25) is 5.89 Å². The maximum Gasteiger partial charge on any atom is 0.211 e. The summed E-state index contributed by atoms with van der Waals surface area (Å²) in [5, 5.41) is 3.19. The van der Waals surface area contributed by atoms with Crippen molar-refractivity contribution < 1.29 is 4.42 Å². The Hall–Kier alpha value is -0.800. The van der Waals surface area contributed by atoms with Crippen molar-refractivity contribution in [2.24, 2.45) is 0 Å². The van der Waals surface area contributed by atoms with E-state index in [1.54, 1.807) is 6.20 Å². The molecule has 1 aromatic heterocycles. The number of oxazole rings is 1. The first-order valence-electron chi connectivity index (χ1n) is 4.15. The van der Waals surface area contributed by atoms with Crippen LogP contribution in [0.25, 0.3) is 0 Å². The lowest BCUT2D eigenvalue weighted by Crippen LogP contribution is -2.18. The minimum Gasteiger partial charge on any atom is -0.444 e. The highest BCUT2D eigenvalue weighted by molar-refractivity contribution is 6.25. The van der Waals surface area contributed by atoms with Crippen molar-refractivity contribution in [3.05, 3.63) is 29.5 Å². The molecule has 72 valence electrons. The van der Waals surface area contributed by atoms with Gasteiger partial charge in [-0.2, -0.15) is 0 Å². The lowest BCUT2D eigenvalue weighted by molar-refractivity contribution is 0.411. The zero-order valence-electron chi connectivity index (χ0n) is 7.75. The highest BCUT2D eigenvalue weighted by atomic mass is 35.5. The second-order valence-electron chi connectivity index (χ2n) is 2.80. The van der Waals surface area contributed by atoms with Crippen LogP contribution >= 0.6 is 11.6 Å². The van der Waals surface area contributed by atoms with Crippen molar-refractivity contribution in [1.82, 2.24) is 10.3 Å². The van der Waals surface area contributed by atoms with Gasteiger partial charge in [-0.15, -0.1) is 0 Å². The lowest BCUT2D eigenvalue weighted by atomic mass is 10.3. The summed E-state index contributed by atoms with van der Waals surface area (Å²) in [6.07, 6.45) is 3.54. The fourth-order valence-corrected chi connectivity index (χ4v) is 1.04. The monoisotopic (exact) mass is 200 g/mol. The van der Waals surface area contributed by atoms with Crippen LogP contribution in [0.15, 0.2) is 22.2 Å². The van der Waals surface area contributed by atoms with Gasteiger partial charge in [0, 0.05) is 12.1 Å². The third-order valence-electron chi connectivity index (χ3n) is 1.64. The van der Waals surface area contributed by atoms with E-state index in [2.05, 4.69) is 10.3 Å². The Morgan fingerprint density at radius 2 is 2.54 bits per heavy atom. The second-order valence-corrected chi connectivity index (χ2v) is 3.05. The van der Waals surface area contributed by atoms with Gasteiger partial charge in [0.15, 0.2) is 0 Å². The zero-order chi connectivity index (χ0) is 9.68. The van der Waals surface area contributed by atoms with Crippen molar-refractivity contribution in [3.63, 3.8) is 0 Å². The van der Waals surface area contributed by atoms with Gasteiger partial charge in [-0.05, 0) is 13.8 Å². The maximum absolute atomic E-state index is 5.38. The molecule has 1 unspecified atom stereocenters. The van der Waals surface area contributed by atoms with E-state index in [9.17, 15) is 0 Å². The molecule has 0 bridgehead atoms. The summed E-state index contributed by atoms with van der Waals surface area (Å²) in [7, 11) is 0. The van der Waals surface area contributed by atoms with Gasteiger partial charge in [0.25, 0.3) is 0 Å². The van der Waals surface area contributed by atoms with Crippen molar-refractivity contribution in [1.29, 1.82) is 0 Å². The molecule has 0 fully saturated rings. The lowest BCUT2D eigenvalue weighted by Gasteiger charge is -2.06. The standard InChI is InChI=1S/C9H13ClN2O/c1-7-6-12-9(13-7)8(2)11-5-3-4-10/h3-4,6,8,11H,5H2,1-2H3/b4-3+. The van der Waals surface area contributed by atoms with Gasteiger partial charge < -0.3 is 9.73 Å². The zero-order valence-corrected chi connectivity index (χ0v) is 8.51. The summed E-state index contributed by atoms with van der Waals surface area (Å²) in [4.78, 5) is 4.11. The second kappa shape index (κ2) is 5.04. The largest absolute Gasteiger partial charge is 0.444 e.